The van der Waals surface area contributed by atoms with Gasteiger partial charge < -0.3 is 9.64 Å². The van der Waals surface area contributed by atoms with Crippen LogP contribution >= 0.6 is 0 Å². The smallest absolute Gasteiger partial charge is 0.253 e. The third-order valence-corrected chi connectivity index (χ3v) is 5.01. The van der Waals surface area contributed by atoms with Crippen LogP contribution in [0.2, 0.25) is 0 Å². The number of piperidine rings is 1. The zero-order chi connectivity index (χ0) is 19.2. The van der Waals surface area contributed by atoms with E-state index in [1.165, 1.54) is 0 Å². The minimum Gasteiger partial charge on any atom is -0.497 e. The Morgan fingerprint density at radius 2 is 1.56 bits per heavy atom. The number of likely N-dealkylation sites (tertiary alicyclic amines) is 1. The molecule has 0 aliphatic carbocycles. The van der Waals surface area contributed by atoms with Crippen molar-refractivity contribution >= 4 is 17.5 Å². The molecule has 1 aliphatic rings. The van der Waals surface area contributed by atoms with Gasteiger partial charge >= 0.3 is 0 Å². The normalized spacial score (nSPS) is 14.6. The summed E-state index contributed by atoms with van der Waals surface area (Å²) in [5.41, 5.74) is 1.18. The molecule has 0 radical (unpaired) electrons. The number of hydrogen-bond donors (Lipinski definition) is 0. The number of hydrogen-bond acceptors (Lipinski definition) is 4. The molecule has 0 bridgehead atoms. The van der Waals surface area contributed by atoms with E-state index in [-0.39, 0.29) is 29.8 Å². The molecule has 3 rings (SSSR count). The van der Waals surface area contributed by atoms with Gasteiger partial charge in [0.25, 0.3) is 5.91 Å². The Bertz CT molecular complexity index is 806. The van der Waals surface area contributed by atoms with Crippen LogP contribution in [0.15, 0.2) is 54.6 Å². The summed E-state index contributed by atoms with van der Waals surface area (Å²) >= 11 is 0. The highest BCUT2D eigenvalue weighted by molar-refractivity contribution is 6.08. The Morgan fingerprint density at radius 3 is 2.15 bits per heavy atom. The topological polar surface area (TPSA) is 63.7 Å². The summed E-state index contributed by atoms with van der Waals surface area (Å²) in [7, 11) is 1.56. The molecule has 1 heterocycles. The second kappa shape index (κ2) is 8.62. The highest BCUT2D eigenvalue weighted by Crippen LogP contribution is 2.22. The molecule has 0 spiro atoms. The highest BCUT2D eigenvalue weighted by atomic mass is 16.5. The number of benzene rings is 2. The molecule has 2 aromatic carbocycles. The molecule has 1 saturated heterocycles. The summed E-state index contributed by atoms with van der Waals surface area (Å²) in [4.78, 5) is 39.1. The van der Waals surface area contributed by atoms with Gasteiger partial charge in [-0.25, -0.2) is 0 Å². The van der Waals surface area contributed by atoms with Crippen molar-refractivity contribution in [2.75, 3.05) is 20.2 Å². The first-order chi connectivity index (χ1) is 13.1. The molecule has 0 N–H and O–H groups in total. The zero-order valence-electron chi connectivity index (χ0n) is 15.4. The Balaban J connectivity index is 1.52. The predicted molar refractivity (Wildman–Crippen MR) is 102 cm³/mol. The predicted octanol–water partition coefficient (Wildman–Crippen LogP) is 3.39. The number of methoxy groups -OCH3 is 1. The maximum atomic E-state index is 12.5. The van der Waals surface area contributed by atoms with Gasteiger partial charge in [0, 0.05) is 30.1 Å². The van der Waals surface area contributed by atoms with E-state index < -0.39 is 0 Å². The number of rotatable bonds is 6. The Morgan fingerprint density at radius 1 is 0.926 bits per heavy atom. The number of amides is 1. The molecule has 1 amide bonds. The minimum absolute atomic E-state index is 0.00388. The maximum Gasteiger partial charge on any atom is 0.253 e. The molecule has 0 aromatic heterocycles. The van der Waals surface area contributed by atoms with Crippen LogP contribution in [0, 0.1) is 5.92 Å². The maximum absolute atomic E-state index is 12.5. The standard InChI is InChI=1S/C22H23NO4/c1-27-19-9-7-16(8-10-19)20(24)15-21(25)17-11-13-23(14-12-17)22(26)18-5-3-2-4-6-18/h2-10,17H,11-15H2,1H3. The van der Waals surface area contributed by atoms with E-state index in [1.807, 2.05) is 18.2 Å². The largest absolute Gasteiger partial charge is 0.497 e. The van der Waals surface area contributed by atoms with E-state index in [0.717, 1.165) is 0 Å². The second-order valence-corrected chi connectivity index (χ2v) is 6.73. The lowest BCUT2D eigenvalue weighted by Crippen LogP contribution is -2.40. The fourth-order valence-electron chi connectivity index (χ4n) is 3.35. The average Bonchev–Trinajstić information content (AvgIpc) is 2.74. The van der Waals surface area contributed by atoms with E-state index >= 15 is 0 Å². The van der Waals surface area contributed by atoms with Crippen LogP contribution in [0.25, 0.3) is 0 Å². The molecule has 0 atom stereocenters. The summed E-state index contributed by atoms with van der Waals surface area (Å²) in [5.74, 6) is 0.296. The number of Topliss-reactive ketones (excluding diaryl/α,β-unsaturated/α-hetero) is 2. The summed E-state index contributed by atoms with van der Waals surface area (Å²) in [6.07, 6.45) is 1.12. The SMILES string of the molecule is COc1ccc(C(=O)CC(=O)C2CCN(C(=O)c3ccccc3)CC2)cc1. The highest BCUT2D eigenvalue weighted by Gasteiger charge is 2.28. The van der Waals surface area contributed by atoms with E-state index in [4.69, 9.17) is 4.74 Å². The fourth-order valence-corrected chi connectivity index (χ4v) is 3.35. The molecule has 27 heavy (non-hydrogen) atoms. The monoisotopic (exact) mass is 365 g/mol. The minimum atomic E-state index is -0.176. The third-order valence-electron chi connectivity index (χ3n) is 5.01. The van der Waals surface area contributed by atoms with Gasteiger partial charge in [0.1, 0.15) is 11.5 Å². The fraction of sp³-hybridized carbons (Fsp3) is 0.318. The molecule has 140 valence electrons. The summed E-state index contributed by atoms with van der Waals surface area (Å²) < 4.78 is 5.08. The molecule has 0 unspecified atom stereocenters. The van der Waals surface area contributed by atoms with Gasteiger partial charge in [-0.05, 0) is 49.2 Å². The number of carbonyl (C=O) groups excluding carboxylic acids is 3. The van der Waals surface area contributed by atoms with E-state index in [9.17, 15) is 14.4 Å². The van der Waals surface area contributed by atoms with Crippen molar-refractivity contribution in [1.29, 1.82) is 0 Å². The molecule has 1 aliphatic heterocycles. The molecular formula is C22H23NO4. The Labute approximate surface area is 158 Å². The van der Waals surface area contributed by atoms with Crippen molar-refractivity contribution in [2.45, 2.75) is 19.3 Å². The first-order valence-corrected chi connectivity index (χ1v) is 9.13. The van der Waals surface area contributed by atoms with E-state index in [0.29, 0.717) is 42.8 Å². The van der Waals surface area contributed by atoms with Crippen molar-refractivity contribution in [1.82, 2.24) is 4.90 Å². The number of carbonyl (C=O) groups is 3. The summed E-state index contributed by atoms with van der Waals surface area (Å²) in [6.45, 7) is 1.09. The van der Waals surface area contributed by atoms with Crippen LogP contribution in [0.4, 0.5) is 0 Å². The van der Waals surface area contributed by atoms with E-state index in [2.05, 4.69) is 0 Å². The Hall–Kier alpha value is -2.95. The summed E-state index contributed by atoms with van der Waals surface area (Å²) in [6, 6.07) is 15.9. The van der Waals surface area contributed by atoms with Crippen LogP contribution in [0.1, 0.15) is 40.0 Å². The molecule has 5 heteroatoms. The molecule has 1 fully saturated rings. The first-order valence-electron chi connectivity index (χ1n) is 9.13. The van der Waals surface area contributed by atoms with Crippen LogP contribution in [-0.4, -0.2) is 42.6 Å². The number of ketones is 2. The van der Waals surface area contributed by atoms with Crippen LogP contribution < -0.4 is 4.74 Å². The van der Waals surface area contributed by atoms with Gasteiger partial charge in [0.05, 0.1) is 13.5 Å². The van der Waals surface area contributed by atoms with Crippen molar-refractivity contribution < 1.29 is 19.1 Å². The number of ether oxygens (including phenoxy) is 1. The Kier molecular flexibility index (Phi) is 6.01. The lowest BCUT2D eigenvalue weighted by atomic mass is 9.89. The quantitative estimate of drug-likeness (QED) is 0.581. The van der Waals surface area contributed by atoms with E-state index in [1.54, 1.807) is 48.4 Å². The van der Waals surface area contributed by atoms with Gasteiger partial charge in [0.15, 0.2) is 5.78 Å². The first kappa shape index (κ1) is 18.8. The lowest BCUT2D eigenvalue weighted by Gasteiger charge is -2.31. The molecule has 0 saturated carbocycles. The van der Waals surface area contributed by atoms with Crippen LogP contribution in [0.3, 0.4) is 0 Å². The third kappa shape index (κ3) is 4.61. The van der Waals surface area contributed by atoms with Gasteiger partial charge in [0.2, 0.25) is 0 Å². The average molecular weight is 365 g/mol. The number of nitrogens with zero attached hydrogens (tertiary/aromatic N) is 1. The zero-order valence-corrected chi connectivity index (χ0v) is 15.4. The van der Waals surface area contributed by atoms with Gasteiger partial charge in [-0.3, -0.25) is 14.4 Å². The van der Waals surface area contributed by atoms with Crippen LogP contribution in [-0.2, 0) is 4.79 Å². The van der Waals surface area contributed by atoms with Crippen molar-refractivity contribution in [2.24, 2.45) is 5.92 Å². The van der Waals surface area contributed by atoms with Gasteiger partial charge in [-0.2, -0.15) is 0 Å². The van der Waals surface area contributed by atoms with Crippen molar-refractivity contribution in [3.63, 3.8) is 0 Å². The molecule has 2 aromatic rings. The second-order valence-electron chi connectivity index (χ2n) is 6.73. The molecular weight excluding hydrogens is 342 g/mol. The van der Waals surface area contributed by atoms with Crippen molar-refractivity contribution in [3.8, 4) is 5.75 Å². The summed E-state index contributed by atoms with van der Waals surface area (Å²) in [5, 5.41) is 0. The van der Waals surface area contributed by atoms with Gasteiger partial charge in [-0.1, -0.05) is 18.2 Å². The molecule has 5 nitrogen and oxygen atoms in total. The van der Waals surface area contributed by atoms with Crippen molar-refractivity contribution in [3.05, 3.63) is 65.7 Å². The van der Waals surface area contributed by atoms with Gasteiger partial charge in [-0.15, -0.1) is 0 Å². The lowest BCUT2D eigenvalue weighted by molar-refractivity contribution is -0.123. The van der Waals surface area contributed by atoms with Crippen LogP contribution in [0.5, 0.6) is 5.75 Å².